The van der Waals surface area contributed by atoms with E-state index in [-0.39, 0.29) is 6.10 Å². The normalized spacial score (nSPS) is 11.9. The number of hydrogen-bond acceptors (Lipinski definition) is 2. The van der Waals surface area contributed by atoms with Crippen molar-refractivity contribution in [3.05, 3.63) is 59.1 Å². The number of halogens is 1. The monoisotopic (exact) mass is 275 g/mol. The third kappa shape index (κ3) is 4.18. The first kappa shape index (κ1) is 13.8. The van der Waals surface area contributed by atoms with Crippen LogP contribution in [-0.4, -0.2) is 12.6 Å². The van der Waals surface area contributed by atoms with E-state index in [1.807, 2.05) is 49.4 Å². The fourth-order valence-electron chi connectivity index (χ4n) is 1.82. The zero-order valence-electron chi connectivity index (χ0n) is 11.2. The lowest BCUT2D eigenvalue weighted by atomic mass is 10.2. The van der Waals surface area contributed by atoms with Crippen LogP contribution >= 0.6 is 11.6 Å². The fourth-order valence-corrected chi connectivity index (χ4v) is 2.02. The fraction of sp³-hybridized carbons (Fsp3) is 0.250. The molecule has 2 aromatic rings. The number of hydrogen-bond donors (Lipinski definition) is 1. The van der Waals surface area contributed by atoms with E-state index in [1.54, 1.807) is 0 Å². The Hall–Kier alpha value is -1.67. The summed E-state index contributed by atoms with van der Waals surface area (Å²) in [4.78, 5) is 0. The third-order valence-electron chi connectivity index (χ3n) is 2.78. The molecule has 0 aliphatic carbocycles. The number of benzene rings is 2. The summed E-state index contributed by atoms with van der Waals surface area (Å²) in [5, 5.41) is 4.02. The molecule has 0 amide bonds. The Labute approximate surface area is 119 Å². The van der Waals surface area contributed by atoms with E-state index < -0.39 is 0 Å². The summed E-state index contributed by atoms with van der Waals surface area (Å²) >= 11 is 6.09. The lowest BCUT2D eigenvalue weighted by molar-refractivity contribution is 0.234. The highest BCUT2D eigenvalue weighted by molar-refractivity contribution is 6.33. The van der Waals surface area contributed by atoms with Gasteiger partial charge >= 0.3 is 0 Å². The van der Waals surface area contributed by atoms with Gasteiger partial charge in [0.2, 0.25) is 0 Å². The predicted molar refractivity (Wildman–Crippen MR) is 81.2 cm³/mol. The molecular weight excluding hydrogens is 258 g/mol. The summed E-state index contributed by atoms with van der Waals surface area (Å²) in [5.74, 6) is 0.897. The van der Waals surface area contributed by atoms with Crippen LogP contribution in [-0.2, 0) is 0 Å². The van der Waals surface area contributed by atoms with E-state index in [4.69, 9.17) is 16.3 Å². The van der Waals surface area contributed by atoms with Crippen LogP contribution in [0.1, 0.15) is 12.5 Å². The van der Waals surface area contributed by atoms with E-state index in [0.29, 0.717) is 6.54 Å². The Morgan fingerprint density at radius 1 is 1.16 bits per heavy atom. The maximum atomic E-state index is 6.09. The van der Waals surface area contributed by atoms with Crippen molar-refractivity contribution in [2.75, 3.05) is 11.9 Å². The van der Waals surface area contributed by atoms with Gasteiger partial charge in [0.1, 0.15) is 11.9 Å². The first-order valence-corrected chi connectivity index (χ1v) is 6.74. The second kappa shape index (κ2) is 6.48. The average Bonchev–Trinajstić information content (AvgIpc) is 2.38. The highest BCUT2D eigenvalue weighted by atomic mass is 35.5. The van der Waals surface area contributed by atoms with Crippen molar-refractivity contribution in [2.24, 2.45) is 0 Å². The summed E-state index contributed by atoms with van der Waals surface area (Å²) in [7, 11) is 0. The Kier molecular flexibility index (Phi) is 4.69. The van der Waals surface area contributed by atoms with Crippen LogP contribution in [0.3, 0.4) is 0 Å². The number of aryl methyl sites for hydroxylation is 1. The molecule has 1 N–H and O–H groups in total. The summed E-state index contributed by atoms with van der Waals surface area (Å²) in [6, 6.07) is 15.8. The number of anilines is 1. The second-order valence-corrected chi connectivity index (χ2v) is 5.01. The molecule has 19 heavy (non-hydrogen) atoms. The zero-order chi connectivity index (χ0) is 13.7. The Morgan fingerprint density at radius 2 is 1.95 bits per heavy atom. The molecule has 0 aliphatic heterocycles. The van der Waals surface area contributed by atoms with Crippen LogP contribution < -0.4 is 10.1 Å². The van der Waals surface area contributed by atoms with Crippen molar-refractivity contribution in [1.29, 1.82) is 0 Å². The van der Waals surface area contributed by atoms with Gasteiger partial charge in [0, 0.05) is 0 Å². The SMILES string of the molecule is Cc1cccc(OC(C)CNc2ccccc2Cl)c1. The van der Waals surface area contributed by atoms with Gasteiger partial charge in [0.25, 0.3) is 0 Å². The minimum Gasteiger partial charge on any atom is -0.489 e. The van der Waals surface area contributed by atoms with Gasteiger partial charge in [-0.1, -0.05) is 35.9 Å². The Bertz CT molecular complexity index is 542. The van der Waals surface area contributed by atoms with Crippen LogP contribution in [0, 0.1) is 6.92 Å². The zero-order valence-corrected chi connectivity index (χ0v) is 11.9. The topological polar surface area (TPSA) is 21.3 Å². The van der Waals surface area contributed by atoms with Gasteiger partial charge in [-0.05, 0) is 43.7 Å². The van der Waals surface area contributed by atoms with Gasteiger partial charge < -0.3 is 10.1 Å². The van der Waals surface area contributed by atoms with Crippen molar-refractivity contribution < 1.29 is 4.74 Å². The van der Waals surface area contributed by atoms with E-state index in [9.17, 15) is 0 Å². The standard InChI is InChI=1S/C16H18ClNO/c1-12-6-5-7-14(10-12)19-13(2)11-18-16-9-4-3-8-15(16)17/h3-10,13,18H,11H2,1-2H3. The third-order valence-corrected chi connectivity index (χ3v) is 3.11. The van der Waals surface area contributed by atoms with E-state index in [2.05, 4.69) is 18.3 Å². The smallest absolute Gasteiger partial charge is 0.120 e. The maximum absolute atomic E-state index is 6.09. The molecule has 0 radical (unpaired) electrons. The largest absolute Gasteiger partial charge is 0.489 e. The summed E-state index contributed by atoms with van der Waals surface area (Å²) in [5.41, 5.74) is 2.13. The molecular formula is C16H18ClNO. The van der Waals surface area contributed by atoms with E-state index in [0.717, 1.165) is 16.5 Å². The van der Waals surface area contributed by atoms with Crippen LogP contribution in [0.4, 0.5) is 5.69 Å². The molecule has 0 fully saturated rings. The number of rotatable bonds is 5. The molecule has 2 rings (SSSR count). The molecule has 100 valence electrons. The lowest BCUT2D eigenvalue weighted by Crippen LogP contribution is -2.22. The highest BCUT2D eigenvalue weighted by Crippen LogP contribution is 2.20. The molecule has 0 heterocycles. The van der Waals surface area contributed by atoms with Crippen molar-refractivity contribution in [3.8, 4) is 5.75 Å². The van der Waals surface area contributed by atoms with Crippen molar-refractivity contribution in [3.63, 3.8) is 0 Å². The predicted octanol–water partition coefficient (Wildman–Crippen LogP) is 4.53. The minimum absolute atomic E-state index is 0.0677. The Morgan fingerprint density at radius 3 is 2.68 bits per heavy atom. The Balaban J connectivity index is 1.88. The average molecular weight is 276 g/mol. The molecule has 0 bridgehead atoms. The van der Waals surface area contributed by atoms with Crippen LogP contribution in [0.15, 0.2) is 48.5 Å². The first-order valence-electron chi connectivity index (χ1n) is 6.37. The summed E-state index contributed by atoms with van der Waals surface area (Å²) in [6.45, 7) is 4.80. The summed E-state index contributed by atoms with van der Waals surface area (Å²) < 4.78 is 5.85. The van der Waals surface area contributed by atoms with Crippen LogP contribution in [0.25, 0.3) is 0 Å². The van der Waals surface area contributed by atoms with Gasteiger partial charge in [-0.3, -0.25) is 0 Å². The summed E-state index contributed by atoms with van der Waals surface area (Å²) in [6.07, 6.45) is 0.0677. The highest BCUT2D eigenvalue weighted by Gasteiger charge is 2.05. The van der Waals surface area contributed by atoms with E-state index >= 15 is 0 Å². The van der Waals surface area contributed by atoms with Crippen LogP contribution in [0.2, 0.25) is 5.02 Å². The molecule has 2 nitrogen and oxygen atoms in total. The van der Waals surface area contributed by atoms with Crippen molar-refractivity contribution >= 4 is 17.3 Å². The molecule has 0 saturated heterocycles. The molecule has 0 aliphatic rings. The first-order chi connectivity index (χ1) is 9.15. The number of ether oxygens (including phenoxy) is 1. The van der Waals surface area contributed by atoms with E-state index in [1.165, 1.54) is 5.56 Å². The number of para-hydroxylation sites is 1. The van der Waals surface area contributed by atoms with Crippen molar-refractivity contribution in [1.82, 2.24) is 0 Å². The van der Waals surface area contributed by atoms with Gasteiger partial charge in [-0.2, -0.15) is 0 Å². The second-order valence-electron chi connectivity index (χ2n) is 4.61. The molecule has 0 aromatic heterocycles. The maximum Gasteiger partial charge on any atom is 0.120 e. The van der Waals surface area contributed by atoms with Crippen LogP contribution in [0.5, 0.6) is 5.75 Å². The number of nitrogens with one attached hydrogen (secondary N) is 1. The van der Waals surface area contributed by atoms with Gasteiger partial charge in [-0.15, -0.1) is 0 Å². The quantitative estimate of drug-likeness (QED) is 0.866. The molecule has 3 heteroatoms. The van der Waals surface area contributed by atoms with Crippen molar-refractivity contribution in [2.45, 2.75) is 20.0 Å². The molecule has 0 saturated carbocycles. The minimum atomic E-state index is 0.0677. The molecule has 0 spiro atoms. The van der Waals surface area contributed by atoms with Gasteiger partial charge in [0.05, 0.1) is 17.3 Å². The molecule has 2 aromatic carbocycles. The molecule has 1 unspecified atom stereocenters. The lowest BCUT2D eigenvalue weighted by Gasteiger charge is -2.17. The van der Waals surface area contributed by atoms with Gasteiger partial charge in [-0.25, -0.2) is 0 Å². The molecule has 1 atom stereocenters. The van der Waals surface area contributed by atoms with Gasteiger partial charge in [0.15, 0.2) is 0 Å².